The predicted molar refractivity (Wildman–Crippen MR) is 93.2 cm³/mol. The van der Waals surface area contributed by atoms with Crippen LogP contribution >= 0.6 is 27.5 Å². The molecule has 4 aliphatic carbocycles. The molecular weight excluding hydrogens is 344 g/mol. The van der Waals surface area contributed by atoms with Crippen LogP contribution in [0.4, 0.5) is 0 Å². The Morgan fingerprint density at radius 2 is 1.48 bits per heavy atom. The van der Waals surface area contributed by atoms with Crippen molar-refractivity contribution in [3.05, 3.63) is 33.8 Å². The van der Waals surface area contributed by atoms with E-state index in [0.29, 0.717) is 10.2 Å². The van der Waals surface area contributed by atoms with Crippen LogP contribution in [0.3, 0.4) is 0 Å². The molecular formula is C19H24BrCl. The lowest BCUT2D eigenvalue weighted by Crippen LogP contribution is -2.47. The molecule has 0 nitrogen and oxygen atoms in total. The molecule has 4 bridgehead atoms. The molecule has 21 heavy (non-hydrogen) atoms. The average Bonchev–Trinajstić information content (AvgIpc) is 2.40. The number of alkyl halides is 1. The third-order valence-corrected chi connectivity index (χ3v) is 8.30. The predicted octanol–water partition coefficient (Wildman–Crippen LogP) is 6.61. The van der Waals surface area contributed by atoms with E-state index in [0.717, 1.165) is 22.8 Å². The Balaban J connectivity index is 1.71. The smallest absolute Gasteiger partial charge is 0.0466 e. The second kappa shape index (κ2) is 4.99. The lowest BCUT2D eigenvalue weighted by atomic mass is 9.48. The van der Waals surface area contributed by atoms with Crippen molar-refractivity contribution in [2.45, 2.75) is 57.2 Å². The first-order valence-electron chi connectivity index (χ1n) is 8.37. The van der Waals surface area contributed by atoms with E-state index >= 15 is 0 Å². The zero-order chi connectivity index (χ0) is 14.8. The van der Waals surface area contributed by atoms with Gasteiger partial charge in [0.25, 0.3) is 0 Å². The van der Waals surface area contributed by atoms with Gasteiger partial charge in [-0.05, 0) is 98.3 Å². The Labute approximate surface area is 141 Å². The molecule has 5 rings (SSSR count). The van der Waals surface area contributed by atoms with Crippen molar-refractivity contribution in [1.29, 1.82) is 0 Å². The largest absolute Gasteiger partial charge is 0.0840 e. The summed E-state index contributed by atoms with van der Waals surface area (Å²) in [5.74, 6) is 2.96. The zero-order valence-corrected chi connectivity index (χ0v) is 15.3. The van der Waals surface area contributed by atoms with Gasteiger partial charge in [-0.1, -0.05) is 33.6 Å². The van der Waals surface area contributed by atoms with Crippen molar-refractivity contribution in [3.8, 4) is 0 Å². The second-order valence-electron chi connectivity index (χ2n) is 8.10. The Kier molecular flexibility index (Phi) is 3.47. The Bertz CT molecular complexity index is 542. The molecule has 0 amide bonds. The molecule has 4 fully saturated rings. The molecule has 1 atom stereocenters. The van der Waals surface area contributed by atoms with Gasteiger partial charge in [0.05, 0.1) is 0 Å². The molecule has 0 radical (unpaired) electrons. The maximum Gasteiger partial charge on any atom is 0.0466 e. The van der Waals surface area contributed by atoms with Gasteiger partial charge in [-0.2, -0.15) is 0 Å². The third kappa shape index (κ3) is 2.30. The van der Waals surface area contributed by atoms with Crippen LogP contribution in [-0.4, -0.2) is 0 Å². The van der Waals surface area contributed by atoms with Crippen LogP contribution in [0.15, 0.2) is 12.1 Å². The molecule has 0 aliphatic heterocycles. The summed E-state index contributed by atoms with van der Waals surface area (Å²) in [6.07, 6.45) is 8.74. The van der Waals surface area contributed by atoms with Crippen LogP contribution in [0.5, 0.6) is 0 Å². The molecule has 1 aromatic carbocycles. The summed E-state index contributed by atoms with van der Waals surface area (Å²) < 4.78 is 0. The number of halogens is 2. The van der Waals surface area contributed by atoms with E-state index in [1.165, 1.54) is 55.2 Å². The molecule has 0 spiro atoms. The maximum absolute atomic E-state index is 6.61. The van der Waals surface area contributed by atoms with E-state index in [1.807, 2.05) is 0 Å². The van der Waals surface area contributed by atoms with Crippen molar-refractivity contribution in [1.82, 2.24) is 0 Å². The highest BCUT2D eigenvalue weighted by molar-refractivity contribution is 9.09. The fraction of sp³-hybridized carbons (Fsp3) is 0.684. The Morgan fingerprint density at radius 3 is 2.00 bits per heavy atom. The molecule has 4 aliphatic rings. The third-order valence-electron chi connectivity index (χ3n) is 6.51. The Hall–Kier alpha value is -0.0100. The molecule has 114 valence electrons. The van der Waals surface area contributed by atoms with Gasteiger partial charge in [0, 0.05) is 9.85 Å². The van der Waals surface area contributed by atoms with Crippen LogP contribution in [-0.2, 0) is 0 Å². The summed E-state index contributed by atoms with van der Waals surface area (Å²) in [5.41, 5.74) is 4.47. The summed E-state index contributed by atoms with van der Waals surface area (Å²) in [7, 11) is 0. The highest BCUT2D eigenvalue weighted by Gasteiger charge is 2.54. The van der Waals surface area contributed by atoms with E-state index in [-0.39, 0.29) is 0 Å². The van der Waals surface area contributed by atoms with Crippen molar-refractivity contribution >= 4 is 27.5 Å². The van der Waals surface area contributed by atoms with Gasteiger partial charge in [0.1, 0.15) is 0 Å². The molecule has 4 saturated carbocycles. The van der Waals surface area contributed by atoms with Gasteiger partial charge in [-0.3, -0.25) is 0 Å². The summed E-state index contributed by atoms with van der Waals surface area (Å²) in [4.78, 5) is 0.435. The van der Waals surface area contributed by atoms with E-state index in [9.17, 15) is 0 Å². The summed E-state index contributed by atoms with van der Waals surface area (Å²) in [6, 6.07) is 4.48. The fourth-order valence-electron chi connectivity index (χ4n) is 5.82. The van der Waals surface area contributed by atoms with Gasteiger partial charge >= 0.3 is 0 Å². The van der Waals surface area contributed by atoms with Crippen LogP contribution < -0.4 is 0 Å². The average molecular weight is 368 g/mol. The standard InChI is InChI=1S/C19H24BrCl/c1-11-3-16(17(21)4-12(11)2)18(20)19-8-13-5-14(9-19)7-15(6-13)10-19/h3-4,13-15,18H,5-10H2,1-2H3. The Morgan fingerprint density at radius 1 is 1.00 bits per heavy atom. The first kappa shape index (κ1) is 14.6. The summed E-state index contributed by atoms with van der Waals surface area (Å²) >= 11 is 10.7. The maximum atomic E-state index is 6.61. The number of hydrogen-bond acceptors (Lipinski definition) is 0. The van der Waals surface area contributed by atoms with Crippen LogP contribution in [0, 0.1) is 37.0 Å². The molecule has 1 unspecified atom stereocenters. The first-order valence-corrected chi connectivity index (χ1v) is 9.67. The minimum absolute atomic E-state index is 0.435. The molecule has 0 heterocycles. The van der Waals surface area contributed by atoms with E-state index in [4.69, 9.17) is 11.6 Å². The van der Waals surface area contributed by atoms with Crippen molar-refractivity contribution in [3.63, 3.8) is 0 Å². The molecule has 0 saturated heterocycles. The van der Waals surface area contributed by atoms with Crippen molar-refractivity contribution in [2.75, 3.05) is 0 Å². The zero-order valence-electron chi connectivity index (χ0n) is 13.0. The summed E-state index contributed by atoms with van der Waals surface area (Å²) in [6.45, 7) is 4.35. The van der Waals surface area contributed by atoms with E-state index in [1.54, 1.807) is 0 Å². The lowest BCUT2D eigenvalue weighted by Gasteiger charge is -2.58. The summed E-state index contributed by atoms with van der Waals surface area (Å²) in [5, 5.41) is 0.954. The quantitative estimate of drug-likeness (QED) is 0.516. The minimum Gasteiger partial charge on any atom is -0.0840 e. The number of benzene rings is 1. The number of aryl methyl sites for hydroxylation is 2. The molecule has 2 heteroatoms. The fourth-order valence-corrected chi connectivity index (χ4v) is 7.21. The first-order chi connectivity index (χ1) is 9.97. The normalized spacial score (nSPS) is 38.8. The van der Waals surface area contributed by atoms with E-state index < -0.39 is 0 Å². The van der Waals surface area contributed by atoms with Gasteiger partial charge in [0.15, 0.2) is 0 Å². The van der Waals surface area contributed by atoms with Crippen LogP contribution in [0.25, 0.3) is 0 Å². The topological polar surface area (TPSA) is 0 Å². The molecule has 0 N–H and O–H groups in total. The highest BCUT2D eigenvalue weighted by Crippen LogP contribution is 2.66. The molecule has 0 aromatic heterocycles. The number of rotatable bonds is 2. The lowest BCUT2D eigenvalue weighted by molar-refractivity contribution is -0.0528. The van der Waals surface area contributed by atoms with Crippen LogP contribution in [0.1, 0.15) is 60.0 Å². The van der Waals surface area contributed by atoms with E-state index in [2.05, 4.69) is 41.9 Å². The molecule has 1 aromatic rings. The number of hydrogen-bond donors (Lipinski definition) is 0. The van der Waals surface area contributed by atoms with Gasteiger partial charge in [-0.15, -0.1) is 0 Å². The SMILES string of the molecule is Cc1cc(Cl)c(C(Br)C23CC4CC(CC(C4)C2)C3)cc1C. The van der Waals surface area contributed by atoms with Gasteiger partial charge in [-0.25, -0.2) is 0 Å². The highest BCUT2D eigenvalue weighted by atomic mass is 79.9. The van der Waals surface area contributed by atoms with Crippen molar-refractivity contribution in [2.24, 2.45) is 23.2 Å². The van der Waals surface area contributed by atoms with Gasteiger partial charge < -0.3 is 0 Å². The second-order valence-corrected chi connectivity index (χ2v) is 9.42. The van der Waals surface area contributed by atoms with Gasteiger partial charge in [0.2, 0.25) is 0 Å². The minimum atomic E-state index is 0.435. The van der Waals surface area contributed by atoms with Crippen LogP contribution in [0.2, 0.25) is 5.02 Å². The van der Waals surface area contributed by atoms with Crippen molar-refractivity contribution < 1.29 is 0 Å². The monoisotopic (exact) mass is 366 g/mol.